The van der Waals surface area contributed by atoms with E-state index in [4.69, 9.17) is 0 Å². The van der Waals surface area contributed by atoms with E-state index < -0.39 is 0 Å². The van der Waals surface area contributed by atoms with E-state index in [1.165, 1.54) is 0 Å². The van der Waals surface area contributed by atoms with Gasteiger partial charge in [-0.05, 0) is 24.3 Å². The van der Waals surface area contributed by atoms with Crippen molar-refractivity contribution < 1.29 is 9.59 Å². The van der Waals surface area contributed by atoms with Gasteiger partial charge in [-0.2, -0.15) is 0 Å². The van der Waals surface area contributed by atoms with Crippen LogP contribution in [0.1, 0.15) is 32.6 Å². The standard InChI is InChI=1S/C14H19NO2/c1-11-5-4-6-12(8-10-16)14(11)15-9-3-2-7-13(15)17/h4-6,10-11,14H,2-3,7-9H2,1H3. The largest absolute Gasteiger partial charge is 0.335 e. The van der Waals surface area contributed by atoms with Gasteiger partial charge in [-0.25, -0.2) is 0 Å². The third-order valence-corrected chi connectivity index (χ3v) is 3.62. The number of aldehydes is 1. The van der Waals surface area contributed by atoms with Crippen LogP contribution in [-0.2, 0) is 9.59 Å². The zero-order valence-electron chi connectivity index (χ0n) is 10.3. The van der Waals surface area contributed by atoms with Crippen molar-refractivity contribution in [2.45, 2.75) is 38.6 Å². The number of nitrogens with zero attached hydrogens (tertiary/aromatic N) is 1. The molecule has 1 aliphatic heterocycles. The lowest BCUT2D eigenvalue weighted by Crippen LogP contribution is -2.47. The van der Waals surface area contributed by atoms with E-state index in [1.54, 1.807) is 0 Å². The molecular formula is C14H19NO2. The molecule has 0 aromatic rings. The quantitative estimate of drug-likeness (QED) is 0.700. The Balaban J connectivity index is 2.20. The molecule has 2 aliphatic rings. The van der Waals surface area contributed by atoms with Gasteiger partial charge in [0.25, 0.3) is 0 Å². The lowest BCUT2D eigenvalue weighted by atomic mass is 9.86. The van der Waals surface area contributed by atoms with Crippen LogP contribution < -0.4 is 0 Å². The third-order valence-electron chi connectivity index (χ3n) is 3.62. The average Bonchev–Trinajstić information content (AvgIpc) is 2.31. The minimum Gasteiger partial charge on any atom is -0.335 e. The van der Waals surface area contributed by atoms with E-state index in [1.807, 2.05) is 17.1 Å². The number of hydrogen-bond donors (Lipinski definition) is 0. The molecule has 1 heterocycles. The second kappa shape index (κ2) is 5.30. The van der Waals surface area contributed by atoms with E-state index in [9.17, 15) is 9.59 Å². The van der Waals surface area contributed by atoms with Crippen LogP contribution >= 0.6 is 0 Å². The molecule has 1 aliphatic carbocycles. The zero-order chi connectivity index (χ0) is 12.3. The van der Waals surface area contributed by atoms with E-state index in [2.05, 4.69) is 13.0 Å². The predicted octanol–water partition coefficient (Wildman–Crippen LogP) is 2.09. The van der Waals surface area contributed by atoms with Crippen LogP contribution in [0.4, 0.5) is 0 Å². The van der Waals surface area contributed by atoms with Gasteiger partial charge in [0.15, 0.2) is 0 Å². The molecule has 3 nitrogen and oxygen atoms in total. The highest BCUT2D eigenvalue weighted by molar-refractivity contribution is 5.78. The topological polar surface area (TPSA) is 37.4 Å². The zero-order valence-corrected chi connectivity index (χ0v) is 10.3. The van der Waals surface area contributed by atoms with Crippen LogP contribution in [0, 0.1) is 5.92 Å². The lowest BCUT2D eigenvalue weighted by molar-refractivity contribution is -0.135. The number of carbonyl (C=O) groups is 2. The Kier molecular flexibility index (Phi) is 3.77. The molecule has 17 heavy (non-hydrogen) atoms. The van der Waals surface area contributed by atoms with Crippen molar-refractivity contribution in [3.05, 3.63) is 23.8 Å². The summed E-state index contributed by atoms with van der Waals surface area (Å²) >= 11 is 0. The summed E-state index contributed by atoms with van der Waals surface area (Å²) < 4.78 is 0. The fourth-order valence-corrected chi connectivity index (χ4v) is 2.79. The molecule has 1 amide bonds. The molecule has 3 heteroatoms. The highest BCUT2D eigenvalue weighted by Crippen LogP contribution is 2.29. The van der Waals surface area contributed by atoms with Crippen molar-refractivity contribution in [1.29, 1.82) is 0 Å². The monoisotopic (exact) mass is 233 g/mol. The Bertz CT molecular complexity index is 370. The summed E-state index contributed by atoms with van der Waals surface area (Å²) in [5.41, 5.74) is 1.07. The summed E-state index contributed by atoms with van der Waals surface area (Å²) in [5.74, 6) is 0.539. The van der Waals surface area contributed by atoms with Gasteiger partial charge < -0.3 is 9.69 Å². The fourth-order valence-electron chi connectivity index (χ4n) is 2.79. The predicted molar refractivity (Wildman–Crippen MR) is 66.4 cm³/mol. The van der Waals surface area contributed by atoms with Gasteiger partial charge in [-0.15, -0.1) is 0 Å². The molecule has 2 unspecified atom stereocenters. The molecule has 0 N–H and O–H groups in total. The first-order valence-electron chi connectivity index (χ1n) is 6.34. The molecule has 1 fully saturated rings. The molecule has 92 valence electrons. The van der Waals surface area contributed by atoms with Crippen LogP contribution in [0.5, 0.6) is 0 Å². The fraction of sp³-hybridized carbons (Fsp3) is 0.571. The Labute approximate surface area is 102 Å². The van der Waals surface area contributed by atoms with Crippen molar-refractivity contribution in [3.8, 4) is 0 Å². The molecule has 0 aromatic carbocycles. The van der Waals surface area contributed by atoms with Crippen molar-refractivity contribution in [1.82, 2.24) is 4.90 Å². The first-order chi connectivity index (χ1) is 8.24. The minimum absolute atomic E-state index is 0.0954. The molecule has 2 atom stereocenters. The number of piperidine rings is 1. The van der Waals surface area contributed by atoms with Crippen molar-refractivity contribution in [2.24, 2.45) is 5.92 Å². The molecule has 0 radical (unpaired) electrons. The average molecular weight is 233 g/mol. The molecule has 0 aromatic heterocycles. The van der Waals surface area contributed by atoms with Gasteiger partial charge in [0.2, 0.25) is 5.91 Å². The second-order valence-electron chi connectivity index (χ2n) is 4.85. The van der Waals surface area contributed by atoms with Gasteiger partial charge in [0.05, 0.1) is 6.04 Å². The van der Waals surface area contributed by atoms with Crippen LogP contribution in [0.3, 0.4) is 0 Å². The van der Waals surface area contributed by atoms with E-state index in [0.29, 0.717) is 18.8 Å². The Morgan fingerprint density at radius 3 is 3.00 bits per heavy atom. The summed E-state index contributed by atoms with van der Waals surface area (Å²) in [5, 5.41) is 0. The summed E-state index contributed by atoms with van der Waals surface area (Å²) in [7, 11) is 0. The van der Waals surface area contributed by atoms with Gasteiger partial charge in [-0.1, -0.05) is 25.2 Å². The first-order valence-corrected chi connectivity index (χ1v) is 6.34. The smallest absolute Gasteiger partial charge is 0.223 e. The molecule has 2 rings (SSSR count). The first kappa shape index (κ1) is 12.1. The lowest BCUT2D eigenvalue weighted by Gasteiger charge is -2.39. The Hall–Kier alpha value is -1.38. The molecule has 0 bridgehead atoms. The van der Waals surface area contributed by atoms with E-state index in [-0.39, 0.29) is 11.9 Å². The number of hydrogen-bond acceptors (Lipinski definition) is 2. The van der Waals surface area contributed by atoms with Gasteiger partial charge in [-0.3, -0.25) is 4.79 Å². The van der Waals surface area contributed by atoms with E-state index in [0.717, 1.165) is 31.2 Å². The summed E-state index contributed by atoms with van der Waals surface area (Å²) in [6.45, 7) is 2.94. The molecule has 0 spiro atoms. The number of carbonyl (C=O) groups excluding carboxylic acids is 2. The van der Waals surface area contributed by atoms with Crippen LogP contribution in [0.2, 0.25) is 0 Å². The van der Waals surface area contributed by atoms with Crippen LogP contribution in [0.15, 0.2) is 23.8 Å². The van der Waals surface area contributed by atoms with Crippen molar-refractivity contribution in [2.75, 3.05) is 6.54 Å². The van der Waals surface area contributed by atoms with Crippen LogP contribution in [-0.4, -0.2) is 29.7 Å². The number of rotatable bonds is 3. The molecular weight excluding hydrogens is 214 g/mol. The minimum atomic E-state index is 0.0954. The maximum Gasteiger partial charge on any atom is 0.223 e. The molecule has 1 saturated heterocycles. The highest BCUT2D eigenvalue weighted by atomic mass is 16.2. The van der Waals surface area contributed by atoms with Gasteiger partial charge >= 0.3 is 0 Å². The maximum absolute atomic E-state index is 12.0. The van der Waals surface area contributed by atoms with Crippen LogP contribution in [0.25, 0.3) is 0 Å². The number of amides is 1. The summed E-state index contributed by atoms with van der Waals surface area (Å²) in [6.07, 6.45) is 10.2. The summed E-state index contributed by atoms with van der Waals surface area (Å²) in [6, 6.07) is 0.0954. The summed E-state index contributed by atoms with van der Waals surface area (Å²) in [4.78, 5) is 24.7. The second-order valence-corrected chi connectivity index (χ2v) is 4.85. The van der Waals surface area contributed by atoms with Crippen molar-refractivity contribution >= 4 is 12.2 Å². The maximum atomic E-state index is 12.0. The third kappa shape index (κ3) is 2.48. The SMILES string of the molecule is CC1C=CC=C(CC=O)C1N1CCCCC1=O. The van der Waals surface area contributed by atoms with E-state index >= 15 is 0 Å². The number of likely N-dealkylation sites (tertiary alicyclic amines) is 1. The van der Waals surface area contributed by atoms with Gasteiger partial charge in [0, 0.05) is 19.4 Å². The Morgan fingerprint density at radius 2 is 2.29 bits per heavy atom. The number of allylic oxidation sites excluding steroid dienone is 2. The van der Waals surface area contributed by atoms with Crippen molar-refractivity contribution in [3.63, 3.8) is 0 Å². The highest BCUT2D eigenvalue weighted by Gasteiger charge is 2.32. The Morgan fingerprint density at radius 1 is 1.47 bits per heavy atom. The van der Waals surface area contributed by atoms with Gasteiger partial charge in [0.1, 0.15) is 6.29 Å². The molecule has 0 saturated carbocycles. The normalized spacial score (nSPS) is 29.1.